The molecular weight excluding hydrogens is 176 g/mol. The summed E-state index contributed by atoms with van der Waals surface area (Å²) in [5, 5.41) is 6.39. The van der Waals surface area contributed by atoms with Crippen LogP contribution in [0.3, 0.4) is 0 Å². The van der Waals surface area contributed by atoms with Gasteiger partial charge in [0.25, 0.3) is 0 Å². The molecule has 2 atom stereocenters. The minimum Gasteiger partial charge on any atom is -0.351 e. The van der Waals surface area contributed by atoms with Crippen LogP contribution in [0.4, 0.5) is 0 Å². The predicted molar refractivity (Wildman–Crippen MR) is 58.1 cm³/mol. The Morgan fingerprint density at radius 2 is 2.21 bits per heavy atom. The molecule has 1 heterocycles. The Labute approximate surface area is 86.6 Å². The maximum atomic E-state index is 11.6. The summed E-state index contributed by atoms with van der Waals surface area (Å²) in [5.41, 5.74) is 0. The summed E-state index contributed by atoms with van der Waals surface area (Å²) in [6.45, 7) is 7.36. The normalized spacial score (nSPS) is 27.9. The van der Waals surface area contributed by atoms with Gasteiger partial charge in [-0.2, -0.15) is 0 Å². The van der Waals surface area contributed by atoms with Crippen molar-refractivity contribution in [1.82, 2.24) is 10.6 Å². The molecule has 2 N–H and O–H groups in total. The second-order valence-electron chi connectivity index (χ2n) is 4.58. The lowest BCUT2D eigenvalue weighted by Crippen LogP contribution is -2.58. The van der Waals surface area contributed by atoms with Gasteiger partial charge in [0, 0.05) is 12.6 Å². The molecule has 82 valence electrons. The van der Waals surface area contributed by atoms with Crippen LogP contribution in [0.2, 0.25) is 0 Å². The second kappa shape index (κ2) is 5.35. The predicted octanol–water partition coefficient (Wildman–Crippen LogP) is 1.29. The van der Waals surface area contributed by atoms with Gasteiger partial charge in [0.05, 0.1) is 6.04 Å². The van der Waals surface area contributed by atoms with Crippen molar-refractivity contribution >= 4 is 5.91 Å². The van der Waals surface area contributed by atoms with Crippen molar-refractivity contribution in [3.8, 4) is 0 Å². The van der Waals surface area contributed by atoms with Gasteiger partial charge in [0.15, 0.2) is 0 Å². The molecule has 0 spiro atoms. The summed E-state index contributed by atoms with van der Waals surface area (Å²) in [4.78, 5) is 11.6. The molecule has 0 aromatic heterocycles. The van der Waals surface area contributed by atoms with Crippen molar-refractivity contribution in [1.29, 1.82) is 0 Å². The minimum absolute atomic E-state index is 0.0307. The van der Waals surface area contributed by atoms with Gasteiger partial charge >= 0.3 is 0 Å². The van der Waals surface area contributed by atoms with Gasteiger partial charge in [-0.25, -0.2) is 0 Å². The van der Waals surface area contributed by atoms with E-state index in [0.29, 0.717) is 12.0 Å². The van der Waals surface area contributed by atoms with Crippen LogP contribution in [0.5, 0.6) is 0 Å². The average molecular weight is 198 g/mol. The van der Waals surface area contributed by atoms with Crippen LogP contribution in [0.1, 0.15) is 40.0 Å². The standard InChI is InChI=1S/C11H22N2O/c1-4-5-9-7-12-10(6-8(2)3)11(14)13-9/h8-10,12H,4-7H2,1-3H3,(H,13,14). The number of piperazine rings is 1. The van der Waals surface area contributed by atoms with Crippen LogP contribution in [-0.4, -0.2) is 24.5 Å². The zero-order chi connectivity index (χ0) is 10.6. The summed E-state index contributed by atoms with van der Waals surface area (Å²) in [7, 11) is 0. The molecule has 1 amide bonds. The Bertz CT molecular complexity index is 192. The number of carbonyl (C=O) groups excluding carboxylic acids is 1. The summed E-state index contributed by atoms with van der Waals surface area (Å²) in [5.74, 6) is 0.754. The SMILES string of the molecule is CCCC1CNC(CC(C)C)C(=O)N1. The van der Waals surface area contributed by atoms with Crippen LogP contribution >= 0.6 is 0 Å². The van der Waals surface area contributed by atoms with Crippen LogP contribution in [0, 0.1) is 5.92 Å². The highest BCUT2D eigenvalue weighted by Crippen LogP contribution is 2.09. The van der Waals surface area contributed by atoms with Gasteiger partial charge in [-0.05, 0) is 18.8 Å². The van der Waals surface area contributed by atoms with Gasteiger partial charge < -0.3 is 10.6 Å². The second-order valence-corrected chi connectivity index (χ2v) is 4.58. The number of nitrogens with one attached hydrogen (secondary N) is 2. The van der Waals surface area contributed by atoms with E-state index in [0.717, 1.165) is 25.8 Å². The van der Waals surface area contributed by atoms with E-state index in [9.17, 15) is 4.79 Å². The Balaban J connectivity index is 2.36. The molecule has 14 heavy (non-hydrogen) atoms. The lowest BCUT2D eigenvalue weighted by molar-refractivity contribution is -0.125. The molecule has 3 heteroatoms. The number of carbonyl (C=O) groups is 1. The Morgan fingerprint density at radius 3 is 2.71 bits per heavy atom. The summed E-state index contributed by atoms with van der Waals surface area (Å²) in [6.07, 6.45) is 3.14. The highest BCUT2D eigenvalue weighted by Gasteiger charge is 2.26. The smallest absolute Gasteiger partial charge is 0.237 e. The molecule has 1 saturated heterocycles. The highest BCUT2D eigenvalue weighted by molar-refractivity contribution is 5.82. The van der Waals surface area contributed by atoms with Gasteiger partial charge in [0.1, 0.15) is 0 Å². The summed E-state index contributed by atoms with van der Waals surface area (Å²) >= 11 is 0. The third-order valence-corrected chi connectivity index (χ3v) is 2.62. The fraction of sp³-hybridized carbons (Fsp3) is 0.909. The van der Waals surface area contributed by atoms with Gasteiger partial charge in [-0.15, -0.1) is 0 Å². The fourth-order valence-corrected chi connectivity index (χ4v) is 1.91. The molecule has 0 aliphatic carbocycles. The van der Waals surface area contributed by atoms with Crippen molar-refractivity contribution in [2.24, 2.45) is 5.92 Å². The van der Waals surface area contributed by atoms with Crippen LogP contribution in [0.15, 0.2) is 0 Å². The third-order valence-electron chi connectivity index (χ3n) is 2.62. The lowest BCUT2D eigenvalue weighted by Gasteiger charge is -2.31. The quantitative estimate of drug-likeness (QED) is 0.714. The van der Waals surface area contributed by atoms with Crippen molar-refractivity contribution < 1.29 is 4.79 Å². The zero-order valence-electron chi connectivity index (χ0n) is 9.47. The molecule has 0 aromatic carbocycles. The fourth-order valence-electron chi connectivity index (χ4n) is 1.91. The van der Waals surface area contributed by atoms with Crippen LogP contribution < -0.4 is 10.6 Å². The molecule has 1 aliphatic rings. The first-order valence-electron chi connectivity index (χ1n) is 5.67. The van der Waals surface area contributed by atoms with Gasteiger partial charge in [-0.1, -0.05) is 27.2 Å². The monoisotopic (exact) mass is 198 g/mol. The topological polar surface area (TPSA) is 41.1 Å². The molecule has 3 nitrogen and oxygen atoms in total. The van der Waals surface area contributed by atoms with E-state index in [2.05, 4.69) is 31.4 Å². The minimum atomic E-state index is 0.0307. The largest absolute Gasteiger partial charge is 0.351 e. The zero-order valence-corrected chi connectivity index (χ0v) is 9.47. The number of rotatable bonds is 4. The lowest BCUT2D eigenvalue weighted by atomic mass is 9.99. The molecule has 1 aliphatic heterocycles. The van der Waals surface area contributed by atoms with Gasteiger partial charge in [0.2, 0.25) is 5.91 Å². The molecule has 0 bridgehead atoms. The van der Waals surface area contributed by atoms with Crippen LogP contribution in [-0.2, 0) is 4.79 Å². The molecule has 2 unspecified atom stereocenters. The molecule has 0 saturated carbocycles. The van der Waals surface area contributed by atoms with E-state index in [1.807, 2.05) is 0 Å². The number of amides is 1. The van der Waals surface area contributed by atoms with Crippen molar-refractivity contribution in [2.75, 3.05) is 6.54 Å². The molecule has 1 rings (SSSR count). The van der Waals surface area contributed by atoms with Crippen LogP contribution in [0.25, 0.3) is 0 Å². The Kier molecular flexibility index (Phi) is 4.39. The first-order valence-corrected chi connectivity index (χ1v) is 5.67. The summed E-state index contributed by atoms with van der Waals surface area (Å²) < 4.78 is 0. The van der Waals surface area contributed by atoms with E-state index in [1.165, 1.54) is 0 Å². The first-order chi connectivity index (χ1) is 6.63. The highest BCUT2D eigenvalue weighted by atomic mass is 16.2. The van der Waals surface area contributed by atoms with Crippen molar-refractivity contribution in [2.45, 2.75) is 52.1 Å². The van der Waals surface area contributed by atoms with Crippen molar-refractivity contribution in [3.63, 3.8) is 0 Å². The van der Waals surface area contributed by atoms with E-state index >= 15 is 0 Å². The van der Waals surface area contributed by atoms with Gasteiger partial charge in [-0.3, -0.25) is 4.79 Å². The first kappa shape index (κ1) is 11.5. The molecule has 0 aromatic rings. The Hall–Kier alpha value is -0.570. The molecule has 0 radical (unpaired) electrons. The maximum Gasteiger partial charge on any atom is 0.237 e. The Morgan fingerprint density at radius 1 is 1.50 bits per heavy atom. The van der Waals surface area contributed by atoms with E-state index in [4.69, 9.17) is 0 Å². The molecule has 1 fully saturated rings. The van der Waals surface area contributed by atoms with E-state index in [1.54, 1.807) is 0 Å². The third kappa shape index (κ3) is 3.29. The number of hydrogen-bond donors (Lipinski definition) is 2. The summed E-state index contributed by atoms with van der Waals surface area (Å²) in [6, 6.07) is 0.374. The van der Waals surface area contributed by atoms with E-state index in [-0.39, 0.29) is 11.9 Å². The maximum absolute atomic E-state index is 11.6. The van der Waals surface area contributed by atoms with Crippen molar-refractivity contribution in [3.05, 3.63) is 0 Å². The average Bonchev–Trinajstić information content (AvgIpc) is 2.10. The van der Waals surface area contributed by atoms with E-state index < -0.39 is 0 Å². The number of hydrogen-bond acceptors (Lipinski definition) is 2. The molecular formula is C11H22N2O.